The van der Waals surface area contributed by atoms with Crippen LogP contribution in [0.3, 0.4) is 0 Å². The maximum atomic E-state index is 12.3. The number of ether oxygens (including phenoxy) is 1. The summed E-state index contributed by atoms with van der Waals surface area (Å²) in [6, 6.07) is 0.482. The van der Waals surface area contributed by atoms with E-state index in [9.17, 15) is 4.79 Å². The predicted molar refractivity (Wildman–Crippen MR) is 91.2 cm³/mol. The van der Waals surface area contributed by atoms with Gasteiger partial charge in [-0.3, -0.25) is 4.79 Å². The maximum Gasteiger partial charge on any atom is 0.225 e. The molecule has 1 aromatic heterocycles. The summed E-state index contributed by atoms with van der Waals surface area (Å²) in [7, 11) is 1.70. The van der Waals surface area contributed by atoms with Crippen LogP contribution in [0.4, 0.5) is 0 Å². The zero-order chi connectivity index (χ0) is 16.2. The molecule has 1 saturated heterocycles. The first-order valence-corrected chi connectivity index (χ1v) is 9.53. The van der Waals surface area contributed by atoms with Gasteiger partial charge >= 0.3 is 0 Å². The van der Waals surface area contributed by atoms with Crippen LogP contribution in [-0.4, -0.2) is 42.0 Å². The van der Waals surface area contributed by atoms with E-state index in [2.05, 4.69) is 27.5 Å². The lowest BCUT2D eigenvalue weighted by Crippen LogP contribution is -2.51. The molecule has 0 aromatic carbocycles. The molecule has 1 N–H and O–H groups in total. The van der Waals surface area contributed by atoms with Gasteiger partial charge in [-0.2, -0.15) is 0 Å². The lowest BCUT2D eigenvalue weighted by Gasteiger charge is -2.39. The van der Waals surface area contributed by atoms with E-state index in [0.717, 1.165) is 56.0 Å². The standard InChI is InChI=1S/C17H27N3O2S/c1-3-12-9-20(17(21)13-4-5-13)7-6-15(12)18-8-14-11-23-16(19-14)10-22-2/h11-13,15,18H,3-10H2,1-2H3/t12-,15+/m1/s1. The second-order valence-corrected chi connectivity index (χ2v) is 7.61. The second-order valence-electron chi connectivity index (χ2n) is 6.67. The van der Waals surface area contributed by atoms with E-state index < -0.39 is 0 Å². The van der Waals surface area contributed by atoms with Gasteiger partial charge in [0, 0.05) is 44.1 Å². The zero-order valence-electron chi connectivity index (χ0n) is 14.1. The number of amides is 1. The Kier molecular flexibility index (Phi) is 5.67. The van der Waals surface area contributed by atoms with Crippen molar-refractivity contribution in [1.82, 2.24) is 15.2 Å². The normalized spacial score (nSPS) is 24.9. The van der Waals surface area contributed by atoms with Crippen molar-refractivity contribution in [3.63, 3.8) is 0 Å². The van der Waals surface area contributed by atoms with Crippen molar-refractivity contribution in [1.29, 1.82) is 0 Å². The van der Waals surface area contributed by atoms with E-state index in [-0.39, 0.29) is 0 Å². The highest BCUT2D eigenvalue weighted by atomic mass is 32.1. The van der Waals surface area contributed by atoms with Crippen molar-refractivity contribution in [3.05, 3.63) is 16.1 Å². The summed E-state index contributed by atoms with van der Waals surface area (Å²) in [5.41, 5.74) is 1.09. The summed E-state index contributed by atoms with van der Waals surface area (Å²) in [6.07, 6.45) is 4.35. The van der Waals surface area contributed by atoms with Crippen LogP contribution in [-0.2, 0) is 22.7 Å². The monoisotopic (exact) mass is 337 g/mol. The molecule has 1 aliphatic heterocycles. The Hall–Kier alpha value is -0.980. The molecule has 0 spiro atoms. The number of likely N-dealkylation sites (tertiary alicyclic amines) is 1. The number of aromatic nitrogens is 1. The van der Waals surface area contributed by atoms with Crippen LogP contribution in [0, 0.1) is 11.8 Å². The van der Waals surface area contributed by atoms with Crippen LogP contribution in [0.15, 0.2) is 5.38 Å². The molecule has 2 atom stereocenters. The number of thiazole rings is 1. The minimum atomic E-state index is 0.339. The number of hydrogen-bond acceptors (Lipinski definition) is 5. The zero-order valence-corrected chi connectivity index (χ0v) is 14.9. The number of methoxy groups -OCH3 is 1. The minimum Gasteiger partial charge on any atom is -0.378 e. The highest BCUT2D eigenvalue weighted by Crippen LogP contribution is 2.33. The average Bonchev–Trinajstić information content (AvgIpc) is 3.33. The second kappa shape index (κ2) is 7.73. The van der Waals surface area contributed by atoms with E-state index in [4.69, 9.17) is 4.74 Å². The van der Waals surface area contributed by atoms with Gasteiger partial charge in [-0.15, -0.1) is 11.3 Å². The summed E-state index contributed by atoms with van der Waals surface area (Å²) in [5.74, 6) is 1.28. The Balaban J connectivity index is 1.50. The van der Waals surface area contributed by atoms with Crippen LogP contribution >= 0.6 is 11.3 Å². The summed E-state index contributed by atoms with van der Waals surface area (Å²) < 4.78 is 5.12. The highest BCUT2D eigenvalue weighted by Gasteiger charge is 2.37. The maximum absolute atomic E-state index is 12.3. The van der Waals surface area contributed by atoms with Gasteiger partial charge in [0.25, 0.3) is 0 Å². The summed E-state index contributed by atoms with van der Waals surface area (Å²) >= 11 is 1.65. The highest BCUT2D eigenvalue weighted by molar-refractivity contribution is 7.09. The van der Waals surface area contributed by atoms with E-state index in [1.165, 1.54) is 0 Å². The molecule has 1 amide bonds. The van der Waals surface area contributed by atoms with E-state index in [0.29, 0.717) is 30.4 Å². The predicted octanol–water partition coefficient (Wildman–Crippen LogP) is 2.42. The first-order valence-electron chi connectivity index (χ1n) is 8.65. The van der Waals surface area contributed by atoms with Gasteiger partial charge in [-0.1, -0.05) is 13.3 Å². The Labute approximate surface area is 142 Å². The fraction of sp³-hybridized carbons (Fsp3) is 0.765. The first kappa shape index (κ1) is 16.9. The molecule has 5 nitrogen and oxygen atoms in total. The van der Waals surface area contributed by atoms with Gasteiger partial charge in [0.15, 0.2) is 0 Å². The molecule has 23 heavy (non-hydrogen) atoms. The van der Waals surface area contributed by atoms with Crippen molar-refractivity contribution in [2.75, 3.05) is 20.2 Å². The van der Waals surface area contributed by atoms with Crippen molar-refractivity contribution < 1.29 is 9.53 Å². The lowest BCUT2D eigenvalue weighted by molar-refractivity contribution is -0.134. The summed E-state index contributed by atoms with van der Waals surface area (Å²) in [6.45, 7) is 5.43. The van der Waals surface area contributed by atoms with Gasteiger partial charge in [-0.25, -0.2) is 4.98 Å². The lowest BCUT2D eigenvalue weighted by atomic mass is 9.89. The number of nitrogens with zero attached hydrogens (tertiary/aromatic N) is 2. The van der Waals surface area contributed by atoms with Crippen molar-refractivity contribution in [2.24, 2.45) is 11.8 Å². The van der Waals surface area contributed by atoms with Gasteiger partial charge in [0.2, 0.25) is 5.91 Å². The third-order valence-corrected chi connectivity index (χ3v) is 5.78. The quantitative estimate of drug-likeness (QED) is 0.830. The minimum absolute atomic E-state index is 0.339. The van der Waals surface area contributed by atoms with E-state index >= 15 is 0 Å². The van der Waals surface area contributed by atoms with Gasteiger partial charge in [0.1, 0.15) is 5.01 Å². The molecule has 1 aromatic rings. The molecule has 0 radical (unpaired) electrons. The molecule has 2 aliphatic rings. The smallest absolute Gasteiger partial charge is 0.225 e. The topological polar surface area (TPSA) is 54.5 Å². The Morgan fingerprint density at radius 1 is 1.48 bits per heavy atom. The summed E-state index contributed by atoms with van der Waals surface area (Å²) in [5, 5.41) is 6.80. The van der Waals surface area contributed by atoms with Crippen LogP contribution in [0.2, 0.25) is 0 Å². The number of piperidine rings is 1. The fourth-order valence-corrected chi connectivity index (χ4v) is 4.12. The largest absolute Gasteiger partial charge is 0.378 e. The molecule has 1 aliphatic carbocycles. The number of rotatable bonds is 7. The van der Waals surface area contributed by atoms with Crippen molar-refractivity contribution in [2.45, 2.75) is 51.8 Å². The molecular weight excluding hydrogens is 310 g/mol. The Morgan fingerprint density at radius 3 is 3.00 bits per heavy atom. The SMILES string of the molecule is CC[C@@H]1CN(C(=O)C2CC2)CC[C@@H]1NCc1csc(COC)n1. The van der Waals surface area contributed by atoms with E-state index in [1.54, 1.807) is 18.4 Å². The molecule has 2 fully saturated rings. The molecule has 1 saturated carbocycles. The molecule has 0 bridgehead atoms. The van der Waals surface area contributed by atoms with Gasteiger partial charge in [-0.05, 0) is 25.2 Å². The van der Waals surface area contributed by atoms with Crippen LogP contribution in [0.5, 0.6) is 0 Å². The molecule has 3 rings (SSSR count). The fourth-order valence-electron chi connectivity index (χ4n) is 3.36. The number of hydrogen-bond donors (Lipinski definition) is 1. The van der Waals surface area contributed by atoms with Gasteiger partial charge in [0.05, 0.1) is 12.3 Å². The molecule has 2 heterocycles. The number of carbonyl (C=O) groups excluding carboxylic acids is 1. The third-order valence-electron chi connectivity index (χ3n) is 4.91. The van der Waals surface area contributed by atoms with Crippen LogP contribution < -0.4 is 5.32 Å². The molecule has 6 heteroatoms. The summed E-state index contributed by atoms with van der Waals surface area (Å²) in [4.78, 5) is 18.9. The Morgan fingerprint density at radius 2 is 2.30 bits per heavy atom. The van der Waals surface area contributed by atoms with Crippen LogP contribution in [0.1, 0.15) is 43.3 Å². The molecular formula is C17H27N3O2S. The number of nitrogens with one attached hydrogen (secondary N) is 1. The molecule has 0 unspecified atom stereocenters. The first-order chi connectivity index (χ1) is 11.2. The third kappa shape index (κ3) is 4.31. The average molecular weight is 337 g/mol. The van der Waals surface area contributed by atoms with Gasteiger partial charge < -0.3 is 15.0 Å². The van der Waals surface area contributed by atoms with Crippen LogP contribution in [0.25, 0.3) is 0 Å². The molecule has 128 valence electrons. The van der Waals surface area contributed by atoms with E-state index in [1.807, 2.05) is 0 Å². The van der Waals surface area contributed by atoms with Crippen molar-refractivity contribution >= 4 is 17.2 Å². The Bertz CT molecular complexity index is 530. The number of carbonyl (C=O) groups is 1. The van der Waals surface area contributed by atoms with Crippen molar-refractivity contribution in [3.8, 4) is 0 Å².